The highest BCUT2D eigenvalue weighted by molar-refractivity contribution is 6.13. The standard InChI is InChI=1S/C32H23N/c1-22-21-33-32(20-30(22)23-10-3-2-4-11-23)26-14-9-13-24(18-26)31-19-25-12-5-6-15-27(25)28-16-7-8-17-29(28)31/h2-21H,1H3. The monoisotopic (exact) mass is 421 g/mol. The second-order valence-electron chi connectivity index (χ2n) is 8.52. The van der Waals surface area contributed by atoms with Crippen molar-refractivity contribution in [3.63, 3.8) is 0 Å². The summed E-state index contributed by atoms with van der Waals surface area (Å²) in [5.74, 6) is 0. The number of fused-ring (bicyclic) bond motifs is 3. The molecule has 0 bridgehead atoms. The first-order valence-corrected chi connectivity index (χ1v) is 11.3. The molecule has 0 radical (unpaired) electrons. The summed E-state index contributed by atoms with van der Waals surface area (Å²) in [6, 6.07) is 41.1. The second kappa shape index (κ2) is 8.03. The largest absolute Gasteiger partial charge is 0.256 e. The van der Waals surface area contributed by atoms with E-state index < -0.39 is 0 Å². The van der Waals surface area contributed by atoms with Crippen molar-refractivity contribution in [1.82, 2.24) is 4.98 Å². The van der Waals surface area contributed by atoms with Gasteiger partial charge in [-0.3, -0.25) is 4.98 Å². The number of nitrogens with zero attached hydrogens (tertiary/aromatic N) is 1. The van der Waals surface area contributed by atoms with E-state index >= 15 is 0 Å². The summed E-state index contributed by atoms with van der Waals surface area (Å²) < 4.78 is 0. The lowest BCUT2D eigenvalue weighted by atomic mass is 9.92. The quantitative estimate of drug-likeness (QED) is 0.260. The Kier molecular flexibility index (Phi) is 4.74. The SMILES string of the molecule is Cc1cnc(-c2cccc(-c3cc4ccccc4c4ccccc34)c2)cc1-c1ccccc1. The van der Waals surface area contributed by atoms with Gasteiger partial charge in [0.15, 0.2) is 0 Å². The maximum atomic E-state index is 4.78. The van der Waals surface area contributed by atoms with Gasteiger partial charge in [-0.25, -0.2) is 0 Å². The van der Waals surface area contributed by atoms with Crippen LogP contribution in [0.1, 0.15) is 5.56 Å². The number of hydrogen-bond donors (Lipinski definition) is 0. The van der Waals surface area contributed by atoms with E-state index in [1.807, 2.05) is 6.20 Å². The zero-order chi connectivity index (χ0) is 22.2. The van der Waals surface area contributed by atoms with Gasteiger partial charge in [0.1, 0.15) is 0 Å². The minimum absolute atomic E-state index is 0.992. The molecule has 0 N–H and O–H groups in total. The molecule has 1 heteroatoms. The third kappa shape index (κ3) is 3.48. The Morgan fingerprint density at radius 3 is 2.00 bits per heavy atom. The molecular weight excluding hydrogens is 398 g/mol. The van der Waals surface area contributed by atoms with Crippen LogP contribution in [0.25, 0.3) is 55.1 Å². The van der Waals surface area contributed by atoms with Gasteiger partial charge in [0.05, 0.1) is 5.69 Å². The third-order valence-electron chi connectivity index (χ3n) is 6.43. The summed E-state index contributed by atoms with van der Waals surface area (Å²) in [4.78, 5) is 4.78. The Morgan fingerprint density at radius 2 is 1.15 bits per heavy atom. The maximum Gasteiger partial charge on any atom is 0.0708 e. The van der Waals surface area contributed by atoms with Crippen molar-refractivity contribution in [2.45, 2.75) is 6.92 Å². The topological polar surface area (TPSA) is 12.9 Å². The molecule has 0 saturated carbocycles. The predicted octanol–water partition coefficient (Wildman–Crippen LogP) is 8.70. The van der Waals surface area contributed by atoms with Crippen molar-refractivity contribution >= 4 is 21.5 Å². The second-order valence-corrected chi connectivity index (χ2v) is 8.52. The molecule has 0 fully saturated rings. The Balaban J connectivity index is 1.52. The van der Waals surface area contributed by atoms with Crippen LogP contribution in [0.4, 0.5) is 0 Å². The summed E-state index contributed by atoms with van der Waals surface area (Å²) in [5, 5.41) is 5.11. The summed E-state index contributed by atoms with van der Waals surface area (Å²) in [5.41, 5.74) is 8.20. The van der Waals surface area contributed by atoms with Gasteiger partial charge in [-0.2, -0.15) is 0 Å². The molecule has 0 spiro atoms. The molecule has 0 aliphatic rings. The fourth-order valence-corrected chi connectivity index (χ4v) is 4.75. The zero-order valence-corrected chi connectivity index (χ0v) is 18.5. The number of rotatable bonds is 3. The van der Waals surface area contributed by atoms with Gasteiger partial charge in [-0.1, -0.05) is 97.1 Å². The number of hydrogen-bond acceptors (Lipinski definition) is 1. The molecule has 0 saturated heterocycles. The minimum atomic E-state index is 0.992. The van der Waals surface area contributed by atoms with E-state index in [1.165, 1.54) is 49.4 Å². The molecule has 0 atom stereocenters. The van der Waals surface area contributed by atoms with Crippen LogP contribution in [0.15, 0.2) is 121 Å². The average Bonchev–Trinajstić information content (AvgIpc) is 2.89. The van der Waals surface area contributed by atoms with E-state index in [1.54, 1.807) is 0 Å². The fourth-order valence-electron chi connectivity index (χ4n) is 4.75. The molecule has 0 aliphatic carbocycles. The molecule has 0 amide bonds. The van der Waals surface area contributed by atoms with E-state index in [9.17, 15) is 0 Å². The highest BCUT2D eigenvalue weighted by Gasteiger charge is 2.11. The first-order chi connectivity index (χ1) is 16.3. The average molecular weight is 422 g/mol. The van der Waals surface area contributed by atoms with Crippen molar-refractivity contribution in [2.24, 2.45) is 0 Å². The molecule has 0 unspecified atom stereocenters. The highest BCUT2D eigenvalue weighted by Crippen LogP contribution is 2.36. The molecule has 156 valence electrons. The van der Waals surface area contributed by atoms with Crippen LogP contribution in [0.2, 0.25) is 0 Å². The molecule has 6 rings (SSSR count). The van der Waals surface area contributed by atoms with E-state index in [0.29, 0.717) is 0 Å². The van der Waals surface area contributed by atoms with E-state index in [2.05, 4.69) is 122 Å². The summed E-state index contributed by atoms with van der Waals surface area (Å²) in [6.07, 6.45) is 1.98. The molecular formula is C32H23N. The number of benzene rings is 5. The van der Waals surface area contributed by atoms with Gasteiger partial charge >= 0.3 is 0 Å². The molecule has 5 aromatic carbocycles. The lowest BCUT2D eigenvalue weighted by Gasteiger charge is -2.13. The molecule has 1 heterocycles. The van der Waals surface area contributed by atoms with E-state index in [-0.39, 0.29) is 0 Å². The Morgan fingerprint density at radius 1 is 0.485 bits per heavy atom. The highest BCUT2D eigenvalue weighted by atomic mass is 14.7. The number of aryl methyl sites for hydroxylation is 1. The van der Waals surface area contributed by atoms with Gasteiger partial charge in [-0.05, 0) is 74.5 Å². The molecule has 0 aliphatic heterocycles. The van der Waals surface area contributed by atoms with Crippen molar-refractivity contribution in [1.29, 1.82) is 0 Å². The van der Waals surface area contributed by atoms with Crippen molar-refractivity contribution in [2.75, 3.05) is 0 Å². The summed E-state index contributed by atoms with van der Waals surface area (Å²) in [6.45, 7) is 2.12. The Bertz CT molecular complexity index is 1610. The summed E-state index contributed by atoms with van der Waals surface area (Å²) >= 11 is 0. The summed E-state index contributed by atoms with van der Waals surface area (Å²) in [7, 11) is 0. The van der Waals surface area contributed by atoms with Crippen LogP contribution in [-0.2, 0) is 0 Å². The number of pyridine rings is 1. The smallest absolute Gasteiger partial charge is 0.0708 e. The van der Waals surface area contributed by atoms with Crippen molar-refractivity contribution < 1.29 is 0 Å². The normalized spacial score (nSPS) is 11.2. The van der Waals surface area contributed by atoms with Crippen LogP contribution < -0.4 is 0 Å². The van der Waals surface area contributed by atoms with Gasteiger partial charge in [0, 0.05) is 11.8 Å². The predicted molar refractivity (Wildman–Crippen MR) is 140 cm³/mol. The van der Waals surface area contributed by atoms with Gasteiger partial charge in [0.25, 0.3) is 0 Å². The Labute approximate surface area is 194 Å². The molecule has 1 nitrogen and oxygen atoms in total. The first-order valence-electron chi connectivity index (χ1n) is 11.3. The molecule has 6 aromatic rings. The van der Waals surface area contributed by atoms with E-state index in [4.69, 9.17) is 4.98 Å². The Hall–Kier alpha value is -4.23. The molecule has 33 heavy (non-hydrogen) atoms. The van der Waals surface area contributed by atoms with Gasteiger partial charge in [0.2, 0.25) is 0 Å². The lowest BCUT2D eigenvalue weighted by molar-refractivity contribution is 1.27. The van der Waals surface area contributed by atoms with Crippen LogP contribution >= 0.6 is 0 Å². The third-order valence-corrected chi connectivity index (χ3v) is 6.43. The fraction of sp³-hybridized carbons (Fsp3) is 0.0312. The van der Waals surface area contributed by atoms with Crippen molar-refractivity contribution in [3.05, 3.63) is 127 Å². The minimum Gasteiger partial charge on any atom is -0.256 e. The van der Waals surface area contributed by atoms with Gasteiger partial charge in [-0.15, -0.1) is 0 Å². The lowest BCUT2D eigenvalue weighted by Crippen LogP contribution is -1.90. The van der Waals surface area contributed by atoms with Crippen LogP contribution in [0.5, 0.6) is 0 Å². The zero-order valence-electron chi connectivity index (χ0n) is 18.5. The number of aromatic nitrogens is 1. The maximum absolute atomic E-state index is 4.78. The molecule has 1 aromatic heterocycles. The first kappa shape index (κ1) is 19.5. The van der Waals surface area contributed by atoms with Gasteiger partial charge < -0.3 is 0 Å². The van der Waals surface area contributed by atoms with Crippen LogP contribution in [0, 0.1) is 6.92 Å². The van der Waals surface area contributed by atoms with Crippen molar-refractivity contribution in [3.8, 4) is 33.5 Å². The van der Waals surface area contributed by atoms with E-state index in [0.717, 1.165) is 11.3 Å². The van der Waals surface area contributed by atoms with Crippen LogP contribution in [-0.4, -0.2) is 4.98 Å². The van der Waals surface area contributed by atoms with Crippen LogP contribution in [0.3, 0.4) is 0 Å².